The normalized spacial score (nSPS) is 37.2. The highest BCUT2D eigenvalue weighted by atomic mass is 16.5. The van der Waals surface area contributed by atoms with Crippen molar-refractivity contribution >= 4 is 0 Å². The highest BCUT2D eigenvalue weighted by molar-refractivity contribution is 4.82. The molecule has 0 amide bonds. The lowest BCUT2D eigenvalue weighted by Gasteiger charge is -2.38. The van der Waals surface area contributed by atoms with Crippen molar-refractivity contribution < 1.29 is 4.74 Å². The first kappa shape index (κ1) is 10.0. The minimum absolute atomic E-state index is 0.172. The minimum atomic E-state index is 0.172. The summed E-state index contributed by atoms with van der Waals surface area (Å²) in [5.74, 6) is 1.60. The third kappa shape index (κ3) is 2.78. The topological polar surface area (TPSA) is 9.23 Å². The van der Waals surface area contributed by atoms with E-state index in [4.69, 9.17) is 4.74 Å². The summed E-state index contributed by atoms with van der Waals surface area (Å²) in [6.07, 6.45) is 3.69. The number of hydrogen-bond donors (Lipinski definition) is 0. The summed E-state index contributed by atoms with van der Waals surface area (Å²) >= 11 is 0. The molecule has 2 unspecified atom stereocenters. The Balaban J connectivity index is 2.45. The molecule has 0 aromatic carbocycles. The van der Waals surface area contributed by atoms with Crippen molar-refractivity contribution in [2.75, 3.05) is 6.61 Å². The molecule has 1 saturated heterocycles. The van der Waals surface area contributed by atoms with Gasteiger partial charge >= 0.3 is 0 Å². The van der Waals surface area contributed by atoms with Gasteiger partial charge in [0.05, 0.1) is 5.60 Å². The molecule has 0 bridgehead atoms. The molecule has 0 aromatic rings. The summed E-state index contributed by atoms with van der Waals surface area (Å²) in [5, 5.41) is 0. The van der Waals surface area contributed by atoms with E-state index in [0.717, 1.165) is 18.4 Å². The molecular weight excluding hydrogens is 148 g/mol. The van der Waals surface area contributed by atoms with Crippen LogP contribution >= 0.6 is 0 Å². The molecule has 2 atom stereocenters. The molecule has 1 nitrogen and oxygen atoms in total. The second-order valence-electron chi connectivity index (χ2n) is 4.99. The molecule has 1 heterocycles. The zero-order chi connectivity index (χ0) is 9.19. The first-order valence-corrected chi connectivity index (χ1v) is 5.16. The Hall–Kier alpha value is -0.0400. The van der Waals surface area contributed by atoms with E-state index < -0.39 is 0 Å². The zero-order valence-corrected chi connectivity index (χ0v) is 8.89. The van der Waals surface area contributed by atoms with Crippen LogP contribution in [0.3, 0.4) is 0 Å². The van der Waals surface area contributed by atoms with Gasteiger partial charge in [0.25, 0.3) is 0 Å². The van der Waals surface area contributed by atoms with Gasteiger partial charge in [-0.2, -0.15) is 0 Å². The van der Waals surface area contributed by atoms with E-state index in [-0.39, 0.29) is 5.60 Å². The largest absolute Gasteiger partial charge is 0.375 e. The van der Waals surface area contributed by atoms with Crippen molar-refractivity contribution in [2.24, 2.45) is 11.8 Å². The Morgan fingerprint density at radius 2 is 2.17 bits per heavy atom. The fourth-order valence-electron chi connectivity index (χ4n) is 2.41. The van der Waals surface area contributed by atoms with Crippen LogP contribution in [0.25, 0.3) is 0 Å². The summed E-state index contributed by atoms with van der Waals surface area (Å²) in [7, 11) is 0. The van der Waals surface area contributed by atoms with Gasteiger partial charge < -0.3 is 4.74 Å². The Morgan fingerprint density at radius 1 is 1.50 bits per heavy atom. The van der Waals surface area contributed by atoms with Crippen molar-refractivity contribution in [3.8, 4) is 0 Å². The summed E-state index contributed by atoms with van der Waals surface area (Å²) < 4.78 is 5.85. The van der Waals surface area contributed by atoms with Gasteiger partial charge in [-0.15, -0.1) is 0 Å². The summed E-state index contributed by atoms with van der Waals surface area (Å²) in [4.78, 5) is 0. The first-order chi connectivity index (χ1) is 5.52. The third-order valence-electron chi connectivity index (χ3n) is 2.68. The smallest absolute Gasteiger partial charge is 0.0659 e. The van der Waals surface area contributed by atoms with Crippen LogP contribution < -0.4 is 0 Å². The second kappa shape index (κ2) is 3.78. The van der Waals surface area contributed by atoms with Crippen LogP contribution in [0, 0.1) is 11.8 Å². The molecule has 0 aromatic heterocycles. The lowest BCUT2D eigenvalue weighted by Crippen LogP contribution is -2.37. The van der Waals surface area contributed by atoms with Crippen LogP contribution in [0.2, 0.25) is 0 Å². The fraction of sp³-hybridized carbons (Fsp3) is 1.00. The zero-order valence-electron chi connectivity index (χ0n) is 8.89. The van der Waals surface area contributed by atoms with Crippen LogP contribution in [0.5, 0.6) is 0 Å². The van der Waals surface area contributed by atoms with Gasteiger partial charge in [-0.3, -0.25) is 0 Å². The van der Waals surface area contributed by atoms with Crippen molar-refractivity contribution in [3.05, 3.63) is 0 Å². The van der Waals surface area contributed by atoms with Crippen LogP contribution in [0.1, 0.15) is 47.0 Å². The van der Waals surface area contributed by atoms with E-state index in [1.165, 1.54) is 19.3 Å². The SMILES string of the molecule is CC(C)CC1(C)CC(C)CCO1. The Kier molecular flexibility index (Phi) is 3.16. The standard InChI is InChI=1S/C11H22O/c1-9(2)7-11(4)8-10(3)5-6-12-11/h9-10H,5-8H2,1-4H3. The molecule has 1 aliphatic rings. The van der Waals surface area contributed by atoms with Gasteiger partial charge in [-0.05, 0) is 38.0 Å². The highest BCUT2D eigenvalue weighted by Gasteiger charge is 2.31. The molecule has 12 heavy (non-hydrogen) atoms. The molecule has 1 aliphatic heterocycles. The van der Waals surface area contributed by atoms with Crippen molar-refractivity contribution in [2.45, 2.75) is 52.6 Å². The molecule has 1 rings (SSSR count). The lowest BCUT2D eigenvalue weighted by atomic mass is 9.83. The Morgan fingerprint density at radius 3 is 2.67 bits per heavy atom. The average Bonchev–Trinajstić information content (AvgIpc) is 1.82. The maximum Gasteiger partial charge on any atom is 0.0659 e. The summed E-state index contributed by atoms with van der Waals surface area (Å²) in [6, 6.07) is 0. The van der Waals surface area contributed by atoms with E-state index in [1.807, 2.05) is 0 Å². The first-order valence-electron chi connectivity index (χ1n) is 5.16. The van der Waals surface area contributed by atoms with Crippen molar-refractivity contribution in [1.82, 2.24) is 0 Å². The van der Waals surface area contributed by atoms with E-state index in [2.05, 4.69) is 27.7 Å². The van der Waals surface area contributed by atoms with E-state index >= 15 is 0 Å². The fourth-order valence-corrected chi connectivity index (χ4v) is 2.41. The average molecular weight is 170 g/mol. The maximum atomic E-state index is 5.85. The maximum absolute atomic E-state index is 5.85. The number of rotatable bonds is 2. The molecule has 0 N–H and O–H groups in total. The molecular formula is C11H22O. The van der Waals surface area contributed by atoms with Gasteiger partial charge in [0.2, 0.25) is 0 Å². The highest BCUT2D eigenvalue weighted by Crippen LogP contribution is 2.33. The second-order valence-corrected chi connectivity index (χ2v) is 4.99. The minimum Gasteiger partial charge on any atom is -0.375 e. The monoisotopic (exact) mass is 170 g/mol. The number of ether oxygens (including phenoxy) is 1. The Labute approximate surface area is 76.5 Å². The molecule has 0 aliphatic carbocycles. The summed E-state index contributed by atoms with van der Waals surface area (Å²) in [6.45, 7) is 10.1. The van der Waals surface area contributed by atoms with E-state index in [1.54, 1.807) is 0 Å². The van der Waals surface area contributed by atoms with Gasteiger partial charge in [0, 0.05) is 6.61 Å². The molecule has 0 radical (unpaired) electrons. The van der Waals surface area contributed by atoms with E-state index in [0.29, 0.717) is 0 Å². The molecule has 0 spiro atoms. The third-order valence-corrected chi connectivity index (χ3v) is 2.68. The quantitative estimate of drug-likeness (QED) is 0.618. The Bertz CT molecular complexity index is 138. The van der Waals surface area contributed by atoms with Gasteiger partial charge in [-0.25, -0.2) is 0 Å². The molecule has 72 valence electrons. The van der Waals surface area contributed by atoms with Gasteiger partial charge in [0.1, 0.15) is 0 Å². The molecule has 0 saturated carbocycles. The predicted molar refractivity (Wildman–Crippen MR) is 52.2 cm³/mol. The summed E-state index contributed by atoms with van der Waals surface area (Å²) in [5.41, 5.74) is 0.172. The molecule has 1 fully saturated rings. The van der Waals surface area contributed by atoms with Crippen LogP contribution in [-0.2, 0) is 4.74 Å². The van der Waals surface area contributed by atoms with Crippen LogP contribution in [0.15, 0.2) is 0 Å². The van der Waals surface area contributed by atoms with Crippen molar-refractivity contribution in [3.63, 3.8) is 0 Å². The van der Waals surface area contributed by atoms with Crippen LogP contribution in [0.4, 0.5) is 0 Å². The molecule has 1 heteroatoms. The van der Waals surface area contributed by atoms with Gasteiger partial charge in [-0.1, -0.05) is 20.8 Å². The van der Waals surface area contributed by atoms with E-state index in [9.17, 15) is 0 Å². The number of hydrogen-bond acceptors (Lipinski definition) is 1. The van der Waals surface area contributed by atoms with Crippen LogP contribution in [-0.4, -0.2) is 12.2 Å². The van der Waals surface area contributed by atoms with Crippen molar-refractivity contribution in [1.29, 1.82) is 0 Å². The van der Waals surface area contributed by atoms with Gasteiger partial charge in [0.15, 0.2) is 0 Å². The predicted octanol–water partition coefficient (Wildman–Crippen LogP) is 3.24. The lowest BCUT2D eigenvalue weighted by molar-refractivity contribution is -0.0930.